The Kier molecular flexibility index (Phi) is 4.66. The monoisotopic (exact) mass is 325 g/mol. The minimum atomic E-state index is -0.386. The van der Waals surface area contributed by atoms with Crippen molar-refractivity contribution in [3.8, 4) is 0 Å². The van der Waals surface area contributed by atoms with Crippen molar-refractivity contribution in [3.63, 3.8) is 0 Å². The molecule has 24 heavy (non-hydrogen) atoms. The van der Waals surface area contributed by atoms with Crippen LogP contribution in [-0.2, 0) is 11.3 Å². The molecule has 8 heteroatoms. The number of benzene rings is 1. The zero-order chi connectivity index (χ0) is 16.8. The predicted octanol–water partition coefficient (Wildman–Crippen LogP) is 2.61. The van der Waals surface area contributed by atoms with E-state index < -0.39 is 0 Å². The second-order valence-corrected chi connectivity index (χ2v) is 4.79. The van der Waals surface area contributed by atoms with Crippen molar-refractivity contribution in [2.45, 2.75) is 6.54 Å². The molecule has 0 spiro atoms. The van der Waals surface area contributed by atoms with Gasteiger partial charge in [-0.1, -0.05) is 0 Å². The molecular formula is C16H15N5O3. The van der Waals surface area contributed by atoms with Crippen LogP contribution in [0.1, 0.15) is 16.1 Å². The molecule has 0 bridgehead atoms. The van der Waals surface area contributed by atoms with Gasteiger partial charge in [0.1, 0.15) is 5.76 Å². The Hall–Kier alpha value is -3.42. The molecule has 0 fully saturated rings. The van der Waals surface area contributed by atoms with Crippen LogP contribution in [0.3, 0.4) is 0 Å². The summed E-state index contributed by atoms with van der Waals surface area (Å²) in [5.41, 5.74) is 1.20. The van der Waals surface area contributed by atoms with E-state index in [2.05, 4.69) is 30.6 Å². The Morgan fingerprint density at radius 2 is 2.08 bits per heavy atom. The highest BCUT2D eigenvalue weighted by Crippen LogP contribution is 2.15. The number of hydrogen-bond acceptors (Lipinski definition) is 8. The van der Waals surface area contributed by atoms with Gasteiger partial charge in [0.05, 0.1) is 31.7 Å². The normalized spacial score (nSPS) is 10.2. The smallest absolute Gasteiger partial charge is 0.337 e. The molecule has 2 N–H and O–H groups in total. The molecule has 3 aromatic rings. The first-order chi connectivity index (χ1) is 11.7. The lowest BCUT2D eigenvalue weighted by atomic mass is 10.2. The third kappa shape index (κ3) is 3.86. The van der Waals surface area contributed by atoms with Crippen LogP contribution in [-0.4, -0.2) is 28.3 Å². The first kappa shape index (κ1) is 15.5. The summed E-state index contributed by atoms with van der Waals surface area (Å²) in [4.78, 5) is 15.7. The van der Waals surface area contributed by atoms with E-state index in [0.717, 1.165) is 11.4 Å². The molecule has 122 valence electrons. The SMILES string of the molecule is COC(=O)c1ccc(Nc2nncc(NCc3ccco3)n2)cc1. The number of carbonyl (C=O) groups excluding carboxylic acids is 1. The summed E-state index contributed by atoms with van der Waals surface area (Å²) in [6.45, 7) is 0.499. The van der Waals surface area contributed by atoms with Crippen LogP contribution in [0.15, 0.2) is 53.3 Å². The molecule has 0 unspecified atom stereocenters. The quantitative estimate of drug-likeness (QED) is 0.667. The average Bonchev–Trinajstić information content (AvgIpc) is 3.14. The molecule has 0 amide bonds. The molecule has 8 nitrogen and oxygen atoms in total. The second-order valence-electron chi connectivity index (χ2n) is 4.79. The summed E-state index contributed by atoms with van der Waals surface area (Å²) < 4.78 is 9.90. The molecule has 0 saturated heterocycles. The first-order valence-corrected chi connectivity index (χ1v) is 7.16. The van der Waals surface area contributed by atoms with Gasteiger partial charge >= 0.3 is 5.97 Å². The molecule has 0 radical (unpaired) electrons. The summed E-state index contributed by atoms with van der Waals surface area (Å²) in [6, 6.07) is 10.5. The lowest BCUT2D eigenvalue weighted by Crippen LogP contribution is -2.05. The van der Waals surface area contributed by atoms with Gasteiger partial charge in [0, 0.05) is 5.69 Å². The van der Waals surface area contributed by atoms with Gasteiger partial charge in [-0.3, -0.25) is 0 Å². The van der Waals surface area contributed by atoms with Crippen molar-refractivity contribution in [2.75, 3.05) is 17.7 Å². The van der Waals surface area contributed by atoms with Crippen LogP contribution in [0.2, 0.25) is 0 Å². The summed E-state index contributed by atoms with van der Waals surface area (Å²) in [5, 5.41) is 13.9. The van der Waals surface area contributed by atoms with Crippen LogP contribution in [0, 0.1) is 0 Å². The van der Waals surface area contributed by atoms with E-state index in [1.54, 1.807) is 30.5 Å². The number of nitrogens with one attached hydrogen (secondary N) is 2. The number of carbonyl (C=O) groups is 1. The van der Waals surface area contributed by atoms with Gasteiger partial charge in [-0.25, -0.2) is 4.79 Å². The molecule has 3 rings (SSSR count). The lowest BCUT2D eigenvalue weighted by molar-refractivity contribution is 0.0601. The highest BCUT2D eigenvalue weighted by Gasteiger charge is 2.06. The number of aromatic nitrogens is 3. The Labute approximate surface area is 137 Å². The Morgan fingerprint density at radius 3 is 2.79 bits per heavy atom. The third-order valence-corrected chi connectivity index (χ3v) is 3.14. The molecule has 0 aliphatic heterocycles. The number of hydrogen-bond donors (Lipinski definition) is 2. The Bertz CT molecular complexity index is 803. The number of methoxy groups -OCH3 is 1. The molecule has 0 saturated carbocycles. The van der Waals surface area contributed by atoms with E-state index in [1.165, 1.54) is 13.3 Å². The standard InChI is InChI=1S/C16H15N5O3/c1-23-15(22)11-4-6-12(7-5-11)19-16-20-14(10-18-21-16)17-9-13-3-2-8-24-13/h2-8,10H,9H2,1H3,(H2,17,19,20,21). The number of ether oxygens (including phenoxy) is 1. The minimum Gasteiger partial charge on any atom is -0.467 e. The molecule has 0 aliphatic carbocycles. The lowest BCUT2D eigenvalue weighted by Gasteiger charge is -2.07. The van der Waals surface area contributed by atoms with E-state index in [-0.39, 0.29) is 5.97 Å². The molecule has 1 aromatic carbocycles. The van der Waals surface area contributed by atoms with Crippen LogP contribution in [0.5, 0.6) is 0 Å². The van der Waals surface area contributed by atoms with Gasteiger partial charge in [-0.05, 0) is 36.4 Å². The third-order valence-electron chi connectivity index (χ3n) is 3.14. The van der Waals surface area contributed by atoms with Crippen molar-refractivity contribution in [1.82, 2.24) is 15.2 Å². The van der Waals surface area contributed by atoms with Crippen molar-refractivity contribution >= 4 is 23.4 Å². The van der Waals surface area contributed by atoms with E-state index in [1.807, 2.05) is 12.1 Å². The van der Waals surface area contributed by atoms with Crippen LogP contribution in [0.4, 0.5) is 17.5 Å². The van der Waals surface area contributed by atoms with Crippen molar-refractivity contribution in [3.05, 3.63) is 60.2 Å². The fourth-order valence-corrected chi connectivity index (χ4v) is 1.97. The van der Waals surface area contributed by atoms with E-state index in [4.69, 9.17) is 4.42 Å². The van der Waals surface area contributed by atoms with Gasteiger partial charge in [-0.2, -0.15) is 10.1 Å². The van der Waals surface area contributed by atoms with Crippen LogP contribution < -0.4 is 10.6 Å². The van der Waals surface area contributed by atoms with Gasteiger partial charge in [0.15, 0.2) is 5.82 Å². The molecule has 0 atom stereocenters. The fourth-order valence-electron chi connectivity index (χ4n) is 1.97. The highest BCUT2D eigenvalue weighted by atomic mass is 16.5. The Balaban J connectivity index is 1.64. The van der Waals surface area contributed by atoms with Gasteiger partial charge in [-0.15, -0.1) is 5.10 Å². The zero-order valence-corrected chi connectivity index (χ0v) is 12.9. The van der Waals surface area contributed by atoms with Crippen molar-refractivity contribution in [2.24, 2.45) is 0 Å². The average molecular weight is 325 g/mol. The first-order valence-electron chi connectivity index (χ1n) is 7.16. The minimum absolute atomic E-state index is 0.338. The summed E-state index contributed by atoms with van der Waals surface area (Å²) in [7, 11) is 1.34. The van der Waals surface area contributed by atoms with Crippen LogP contribution >= 0.6 is 0 Å². The zero-order valence-electron chi connectivity index (χ0n) is 12.9. The Morgan fingerprint density at radius 1 is 1.25 bits per heavy atom. The number of anilines is 3. The number of esters is 1. The number of furan rings is 1. The van der Waals surface area contributed by atoms with E-state index in [9.17, 15) is 4.79 Å². The summed E-state index contributed by atoms with van der Waals surface area (Å²) in [5.74, 6) is 1.31. The maximum Gasteiger partial charge on any atom is 0.337 e. The summed E-state index contributed by atoms with van der Waals surface area (Å²) >= 11 is 0. The number of rotatable bonds is 6. The van der Waals surface area contributed by atoms with Gasteiger partial charge in [0.25, 0.3) is 0 Å². The van der Waals surface area contributed by atoms with Gasteiger partial charge < -0.3 is 19.8 Å². The molecule has 2 aromatic heterocycles. The molecule has 0 aliphatic rings. The topological polar surface area (TPSA) is 102 Å². The van der Waals surface area contributed by atoms with Gasteiger partial charge in [0.2, 0.25) is 5.95 Å². The van der Waals surface area contributed by atoms with Crippen molar-refractivity contribution in [1.29, 1.82) is 0 Å². The highest BCUT2D eigenvalue weighted by molar-refractivity contribution is 5.89. The molecule has 2 heterocycles. The largest absolute Gasteiger partial charge is 0.467 e. The fraction of sp³-hybridized carbons (Fsp3) is 0.125. The van der Waals surface area contributed by atoms with E-state index >= 15 is 0 Å². The van der Waals surface area contributed by atoms with Crippen LogP contribution in [0.25, 0.3) is 0 Å². The van der Waals surface area contributed by atoms with E-state index in [0.29, 0.717) is 23.9 Å². The summed E-state index contributed by atoms with van der Waals surface area (Å²) in [6.07, 6.45) is 3.13. The predicted molar refractivity (Wildman–Crippen MR) is 86.9 cm³/mol. The number of nitrogens with zero attached hydrogens (tertiary/aromatic N) is 3. The maximum atomic E-state index is 11.4. The second kappa shape index (κ2) is 7.23. The maximum absolute atomic E-state index is 11.4. The van der Waals surface area contributed by atoms with Crippen molar-refractivity contribution < 1.29 is 13.9 Å². The molecular weight excluding hydrogens is 310 g/mol.